The van der Waals surface area contributed by atoms with Gasteiger partial charge in [-0.15, -0.1) is 0 Å². The number of para-hydroxylation sites is 4. The molecule has 524 valence electrons. The first-order chi connectivity index (χ1) is 55.5. The van der Waals surface area contributed by atoms with Gasteiger partial charge in [-0.1, -0.05) is 303 Å². The standard InChI is InChI=1S/2C54H36N2/c1-4-14-37(15-5-1)40-24-28-45(29-25-40)55-51-22-12-10-20-47(51)49-35-41(26-30-53(49)55)42-27-31-54-50(36-42)48-21-11-13-23-52(48)56(54)46-33-43(38-16-6-2-7-17-38)32-44(34-46)39-18-8-3-9-19-39;1-3-14-37(15-4-1)39-18-11-19-40(32-39)42-21-13-23-46(34-42)56-52-27-10-8-25-48(52)50-36-44(29-31-54(50)56)43-28-30-53-49(35-43)47-24-7-9-26-51(47)55(53)45-22-12-20-41(33-45)38-16-5-2-6-17-38/h2*1-36H. The van der Waals surface area contributed by atoms with E-state index in [1.807, 2.05) is 0 Å². The SMILES string of the molecule is c1ccc(-c2ccc(-n3c4ccccc4c4cc(-c5ccc6c(c5)c5ccccc5n6-c5cc(-c6ccccc6)cc(-c6ccccc6)c5)ccc43)cc2)cc1.c1ccc(-c2cccc(-c3cccc(-n4c5ccccc5c5cc(-c6ccc7c(c6)c6ccccc6n7-c6cccc(-c7ccccc7)c6)ccc54)c3)c2)cc1. The summed E-state index contributed by atoms with van der Waals surface area (Å²) in [6, 6.07) is 159. The van der Waals surface area contributed by atoms with E-state index in [1.165, 1.54) is 176 Å². The molecular weight excluding hydrogens is 1350 g/mol. The van der Waals surface area contributed by atoms with Crippen molar-refractivity contribution >= 4 is 87.2 Å². The molecule has 4 heteroatoms. The zero-order chi connectivity index (χ0) is 74.0. The third-order valence-electron chi connectivity index (χ3n) is 22.6. The van der Waals surface area contributed by atoms with E-state index in [-0.39, 0.29) is 0 Å². The third kappa shape index (κ3) is 11.6. The Kier molecular flexibility index (Phi) is 16.2. The van der Waals surface area contributed by atoms with Crippen LogP contribution in [0.5, 0.6) is 0 Å². The van der Waals surface area contributed by atoms with Gasteiger partial charge in [0.25, 0.3) is 0 Å². The van der Waals surface area contributed by atoms with E-state index in [0.29, 0.717) is 0 Å². The Labute approximate surface area is 649 Å². The average molecular weight is 1430 g/mol. The zero-order valence-corrected chi connectivity index (χ0v) is 61.4. The number of benzene rings is 18. The van der Waals surface area contributed by atoms with Crippen LogP contribution in [0.25, 0.3) is 199 Å². The molecule has 0 unspecified atom stereocenters. The van der Waals surface area contributed by atoms with Gasteiger partial charge in [-0.05, 0) is 222 Å². The first-order valence-electron chi connectivity index (χ1n) is 38.5. The minimum Gasteiger partial charge on any atom is -0.309 e. The topological polar surface area (TPSA) is 19.7 Å². The normalized spacial score (nSPS) is 11.6. The summed E-state index contributed by atoms with van der Waals surface area (Å²) in [5, 5.41) is 9.98. The summed E-state index contributed by atoms with van der Waals surface area (Å²) in [4.78, 5) is 0. The molecule has 112 heavy (non-hydrogen) atoms. The van der Waals surface area contributed by atoms with Crippen LogP contribution >= 0.6 is 0 Å². The van der Waals surface area contributed by atoms with E-state index in [2.05, 4.69) is 455 Å². The molecule has 0 fully saturated rings. The van der Waals surface area contributed by atoms with E-state index >= 15 is 0 Å². The molecular formula is C108H72N4. The lowest BCUT2D eigenvalue weighted by Gasteiger charge is -2.14. The first-order valence-corrected chi connectivity index (χ1v) is 38.5. The van der Waals surface area contributed by atoms with Crippen LogP contribution in [0.15, 0.2) is 437 Å². The molecule has 0 atom stereocenters. The highest BCUT2D eigenvalue weighted by molar-refractivity contribution is 6.15. The molecule has 22 rings (SSSR count). The molecule has 0 N–H and O–H groups in total. The molecule has 22 aromatic rings. The molecule has 4 nitrogen and oxygen atoms in total. The van der Waals surface area contributed by atoms with E-state index in [4.69, 9.17) is 0 Å². The Balaban J connectivity index is 0.000000141. The minimum atomic E-state index is 1.15. The smallest absolute Gasteiger partial charge is 0.0541 e. The van der Waals surface area contributed by atoms with Crippen molar-refractivity contribution in [2.24, 2.45) is 0 Å². The molecule has 0 saturated heterocycles. The van der Waals surface area contributed by atoms with Gasteiger partial charge in [-0.25, -0.2) is 0 Å². The van der Waals surface area contributed by atoms with Crippen LogP contribution in [0.3, 0.4) is 0 Å². The van der Waals surface area contributed by atoms with Crippen molar-refractivity contribution in [2.45, 2.75) is 0 Å². The molecule has 0 saturated carbocycles. The van der Waals surface area contributed by atoms with E-state index in [0.717, 1.165) is 22.7 Å². The summed E-state index contributed by atoms with van der Waals surface area (Å²) >= 11 is 0. The predicted octanol–water partition coefficient (Wildman–Crippen LogP) is 29.1. The molecule has 0 amide bonds. The van der Waals surface area contributed by atoms with E-state index in [9.17, 15) is 0 Å². The summed E-state index contributed by atoms with van der Waals surface area (Å²) in [6.07, 6.45) is 0. The molecule has 4 aromatic heterocycles. The number of nitrogens with zero attached hydrogens (tertiary/aromatic N) is 4. The Morgan fingerprint density at radius 2 is 0.304 bits per heavy atom. The van der Waals surface area contributed by atoms with Gasteiger partial charge in [-0.2, -0.15) is 0 Å². The number of rotatable bonds is 12. The van der Waals surface area contributed by atoms with Crippen LogP contribution in [-0.4, -0.2) is 18.3 Å². The fourth-order valence-corrected chi connectivity index (χ4v) is 17.3. The van der Waals surface area contributed by atoms with Gasteiger partial charge in [0.2, 0.25) is 0 Å². The Bertz CT molecular complexity index is 7270. The van der Waals surface area contributed by atoms with Crippen LogP contribution in [0.2, 0.25) is 0 Å². The highest BCUT2D eigenvalue weighted by Crippen LogP contribution is 2.44. The van der Waals surface area contributed by atoms with E-state index in [1.54, 1.807) is 0 Å². The number of hydrogen-bond acceptors (Lipinski definition) is 0. The maximum Gasteiger partial charge on any atom is 0.0541 e. The second kappa shape index (κ2) is 27.7. The monoisotopic (exact) mass is 1420 g/mol. The molecule has 0 aliphatic heterocycles. The maximum atomic E-state index is 2.44. The molecule has 18 aromatic carbocycles. The minimum absolute atomic E-state index is 1.15. The Morgan fingerprint density at radius 1 is 0.0982 bits per heavy atom. The Morgan fingerprint density at radius 3 is 0.661 bits per heavy atom. The second-order valence-electron chi connectivity index (χ2n) is 29.2. The van der Waals surface area contributed by atoms with Gasteiger partial charge in [0.05, 0.1) is 44.1 Å². The molecule has 0 spiro atoms. The van der Waals surface area contributed by atoms with Crippen LogP contribution < -0.4 is 0 Å². The fourth-order valence-electron chi connectivity index (χ4n) is 17.3. The fraction of sp³-hybridized carbons (Fsp3) is 0. The molecule has 0 bridgehead atoms. The van der Waals surface area contributed by atoms with Crippen LogP contribution in [0.1, 0.15) is 0 Å². The average Bonchev–Trinajstić information content (AvgIpc) is 1.59. The van der Waals surface area contributed by atoms with Gasteiger partial charge in [0.15, 0.2) is 0 Å². The van der Waals surface area contributed by atoms with Gasteiger partial charge in [0, 0.05) is 65.8 Å². The quantitative estimate of drug-likeness (QED) is 0.116. The number of fused-ring (bicyclic) bond motifs is 12. The van der Waals surface area contributed by atoms with E-state index < -0.39 is 0 Å². The molecule has 0 radical (unpaired) electrons. The summed E-state index contributed by atoms with van der Waals surface area (Å²) in [6.45, 7) is 0. The van der Waals surface area contributed by atoms with Crippen molar-refractivity contribution in [1.29, 1.82) is 0 Å². The highest BCUT2D eigenvalue weighted by atomic mass is 15.0. The predicted molar refractivity (Wildman–Crippen MR) is 474 cm³/mol. The lowest BCUT2D eigenvalue weighted by Crippen LogP contribution is -1.96. The lowest BCUT2D eigenvalue weighted by molar-refractivity contribution is 1.18. The van der Waals surface area contributed by atoms with Gasteiger partial charge in [-0.3, -0.25) is 0 Å². The second-order valence-corrected chi connectivity index (χ2v) is 29.2. The molecule has 4 heterocycles. The van der Waals surface area contributed by atoms with Crippen molar-refractivity contribution in [3.63, 3.8) is 0 Å². The summed E-state index contributed by atoms with van der Waals surface area (Å²) in [7, 11) is 0. The summed E-state index contributed by atoms with van der Waals surface area (Å²) in [5.74, 6) is 0. The highest BCUT2D eigenvalue weighted by Gasteiger charge is 2.21. The zero-order valence-electron chi connectivity index (χ0n) is 61.4. The van der Waals surface area contributed by atoms with Crippen LogP contribution in [-0.2, 0) is 0 Å². The van der Waals surface area contributed by atoms with Crippen molar-refractivity contribution in [3.8, 4) is 112 Å². The van der Waals surface area contributed by atoms with Gasteiger partial charge in [0.1, 0.15) is 0 Å². The van der Waals surface area contributed by atoms with Crippen molar-refractivity contribution in [2.75, 3.05) is 0 Å². The van der Waals surface area contributed by atoms with Gasteiger partial charge >= 0.3 is 0 Å². The van der Waals surface area contributed by atoms with Crippen LogP contribution in [0.4, 0.5) is 0 Å². The van der Waals surface area contributed by atoms with Crippen molar-refractivity contribution < 1.29 is 0 Å². The molecule has 0 aliphatic carbocycles. The van der Waals surface area contributed by atoms with Crippen molar-refractivity contribution in [1.82, 2.24) is 18.3 Å². The maximum absolute atomic E-state index is 2.44. The summed E-state index contributed by atoms with van der Waals surface area (Å²) < 4.78 is 9.66. The number of hydrogen-bond donors (Lipinski definition) is 0. The molecule has 0 aliphatic rings. The summed E-state index contributed by atoms with van der Waals surface area (Å²) in [5.41, 5.74) is 33.6. The third-order valence-corrected chi connectivity index (χ3v) is 22.6. The number of aromatic nitrogens is 4. The lowest BCUT2D eigenvalue weighted by atomic mass is 9.98. The van der Waals surface area contributed by atoms with Crippen molar-refractivity contribution in [3.05, 3.63) is 437 Å². The first kappa shape index (κ1) is 65.5. The largest absolute Gasteiger partial charge is 0.309 e. The van der Waals surface area contributed by atoms with Gasteiger partial charge < -0.3 is 18.3 Å². The van der Waals surface area contributed by atoms with Crippen LogP contribution in [0, 0.1) is 0 Å². The Hall–Kier alpha value is -14.8.